The molecule has 1 spiro atoms. The molecule has 0 bridgehead atoms. The van der Waals surface area contributed by atoms with Crippen LogP contribution in [-0.2, 0) is 38.7 Å². The molecule has 2 aliphatic heterocycles. The number of hydrogen-bond acceptors (Lipinski definition) is 5. The Morgan fingerprint density at radius 1 is 0.881 bits per heavy atom. The highest BCUT2D eigenvalue weighted by molar-refractivity contribution is 5.43. The highest BCUT2D eigenvalue weighted by atomic mass is 19.4. The van der Waals surface area contributed by atoms with Gasteiger partial charge in [0.2, 0.25) is 0 Å². The molecular formula is C30H28F7NO4. The van der Waals surface area contributed by atoms with Crippen LogP contribution in [0.25, 0.3) is 0 Å². The van der Waals surface area contributed by atoms with E-state index in [4.69, 9.17) is 18.9 Å². The average Bonchev–Trinajstić information content (AvgIpc) is 3.28. The number of halogens is 7. The van der Waals surface area contributed by atoms with Crippen molar-refractivity contribution in [3.05, 3.63) is 100 Å². The molecule has 1 unspecified atom stereocenters. The lowest BCUT2D eigenvalue weighted by Crippen LogP contribution is -2.58. The van der Waals surface area contributed by atoms with Crippen molar-refractivity contribution < 1.29 is 49.7 Å². The van der Waals surface area contributed by atoms with E-state index >= 15 is 0 Å². The summed E-state index contributed by atoms with van der Waals surface area (Å²) in [5.74, 6) is -0.323. The van der Waals surface area contributed by atoms with Gasteiger partial charge in [-0.05, 0) is 47.5 Å². The normalized spacial score (nSPS) is 25.2. The quantitative estimate of drug-likeness (QED) is 0.283. The van der Waals surface area contributed by atoms with Crippen molar-refractivity contribution in [1.29, 1.82) is 0 Å². The van der Waals surface area contributed by atoms with Gasteiger partial charge in [-0.1, -0.05) is 30.3 Å². The van der Waals surface area contributed by atoms with E-state index in [9.17, 15) is 30.7 Å². The van der Waals surface area contributed by atoms with Gasteiger partial charge in [-0.15, -0.1) is 0 Å². The summed E-state index contributed by atoms with van der Waals surface area (Å²) < 4.78 is 119. The van der Waals surface area contributed by atoms with Crippen LogP contribution >= 0.6 is 0 Å². The van der Waals surface area contributed by atoms with Gasteiger partial charge in [-0.25, -0.2) is 4.39 Å². The third kappa shape index (κ3) is 5.72. The summed E-state index contributed by atoms with van der Waals surface area (Å²) in [5.41, 5.74) is -3.49. The van der Waals surface area contributed by atoms with Crippen LogP contribution in [0.1, 0.15) is 40.3 Å². The molecule has 42 heavy (non-hydrogen) atoms. The van der Waals surface area contributed by atoms with E-state index in [0.29, 0.717) is 11.1 Å². The maximum atomic E-state index is 13.8. The Hall–Kier alpha value is -3.19. The van der Waals surface area contributed by atoms with Gasteiger partial charge in [0, 0.05) is 25.6 Å². The molecule has 3 atom stereocenters. The third-order valence-electron chi connectivity index (χ3n) is 7.90. The number of methoxy groups -OCH3 is 2. The van der Waals surface area contributed by atoms with Crippen LogP contribution in [0, 0.1) is 5.82 Å². The third-order valence-corrected chi connectivity index (χ3v) is 7.90. The Morgan fingerprint density at radius 2 is 1.57 bits per heavy atom. The summed E-state index contributed by atoms with van der Waals surface area (Å²) in [5, 5.41) is 0. The molecule has 0 aromatic heterocycles. The van der Waals surface area contributed by atoms with Crippen LogP contribution in [0.5, 0.6) is 5.75 Å². The number of nitrogens with zero attached hydrogens (tertiary/aromatic N) is 1. The van der Waals surface area contributed by atoms with Gasteiger partial charge in [0.25, 0.3) is 0 Å². The summed E-state index contributed by atoms with van der Waals surface area (Å²) in [4.78, 5) is 1.81. The van der Waals surface area contributed by atoms with Crippen LogP contribution in [0.4, 0.5) is 30.7 Å². The SMILES string of the molecule is COc1ccc(C(F)(F)F)cc1[C@@]1(OC)COCC2(C1)OC[C@H](c1ccc(F)cc1)N2Cc1cccc(C(F)(F)F)c1. The predicted octanol–water partition coefficient (Wildman–Crippen LogP) is 7.10. The fourth-order valence-corrected chi connectivity index (χ4v) is 5.80. The van der Waals surface area contributed by atoms with Crippen molar-refractivity contribution in [1.82, 2.24) is 4.90 Å². The lowest BCUT2D eigenvalue weighted by atomic mass is 9.82. The smallest absolute Gasteiger partial charge is 0.416 e. The Kier molecular flexibility index (Phi) is 8.03. The number of ether oxygens (including phenoxy) is 4. The zero-order valence-corrected chi connectivity index (χ0v) is 22.7. The highest BCUT2D eigenvalue weighted by Gasteiger charge is 2.57. The van der Waals surface area contributed by atoms with Crippen molar-refractivity contribution in [3.63, 3.8) is 0 Å². The lowest BCUT2D eigenvalue weighted by molar-refractivity contribution is -0.239. The number of alkyl halides is 6. The van der Waals surface area contributed by atoms with E-state index in [-0.39, 0.29) is 44.1 Å². The fraction of sp³-hybridized carbons (Fsp3) is 0.400. The predicted molar refractivity (Wildman–Crippen MR) is 137 cm³/mol. The van der Waals surface area contributed by atoms with E-state index in [1.54, 1.807) is 18.2 Å². The van der Waals surface area contributed by atoms with Crippen LogP contribution < -0.4 is 4.74 Å². The van der Waals surface area contributed by atoms with Crippen molar-refractivity contribution in [2.75, 3.05) is 34.0 Å². The monoisotopic (exact) mass is 599 g/mol. The Labute approximate surface area is 237 Å². The average molecular weight is 600 g/mol. The molecule has 5 rings (SSSR count). The van der Waals surface area contributed by atoms with E-state index in [2.05, 4.69) is 0 Å². The van der Waals surface area contributed by atoms with Gasteiger partial charge in [0.15, 0.2) is 0 Å². The van der Waals surface area contributed by atoms with Crippen LogP contribution in [0.15, 0.2) is 66.7 Å². The summed E-state index contributed by atoms with van der Waals surface area (Å²) >= 11 is 0. The summed E-state index contributed by atoms with van der Waals surface area (Å²) in [6.07, 6.45) is -9.24. The topological polar surface area (TPSA) is 40.2 Å². The minimum atomic E-state index is -4.64. The molecule has 2 aliphatic rings. The van der Waals surface area contributed by atoms with Gasteiger partial charge in [0.1, 0.15) is 22.9 Å². The van der Waals surface area contributed by atoms with Gasteiger partial charge in [-0.3, -0.25) is 4.90 Å². The van der Waals surface area contributed by atoms with E-state index in [1.165, 1.54) is 38.5 Å². The molecule has 12 heteroatoms. The van der Waals surface area contributed by atoms with Gasteiger partial charge in [0.05, 0.1) is 44.1 Å². The molecule has 2 saturated heterocycles. The molecular weight excluding hydrogens is 571 g/mol. The van der Waals surface area contributed by atoms with Gasteiger partial charge < -0.3 is 18.9 Å². The zero-order chi connectivity index (χ0) is 30.3. The first-order valence-corrected chi connectivity index (χ1v) is 13.0. The number of hydrogen-bond donors (Lipinski definition) is 0. The van der Waals surface area contributed by atoms with Crippen molar-refractivity contribution in [2.45, 2.75) is 42.7 Å². The molecule has 2 heterocycles. The lowest BCUT2D eigenvalue weighted by Gasteiger charge is -2.49. The molecule has 0 aliphatic carbocycles. The van der Waals surface area contributed by atoms with Crippen LogP contribution in [-0.4, -0.2) is 44.7 Å². The molecule has 0 radical (unpaired) electrons. The molecule has 5 nitrogen and oxygen atoms in total. The van der Waals surface area contributed by atoms with Crippen LogP contribution in [0.2, 0.25) is 0 Å². The first-order valence-electron chi connectivity index (χ1n) is 13.0. The Bertz CT molecular complexity index is 1410. The minimum absolute atomic E-state index is 0.0329. The second-order valence-corrected chi connectivity index (χ2v) is 10.4. The Morgan fingerprint density at radius 3 is 2.21 bits per heavy atom. The maximum Gasteiger partial charge on any atom is 0.416 e. The molecule has 0 N–H and O–H groups in total. The van der Waals surface area contributed by atoms with Crippen molar-refractivity contribution in [2.24, 2.45) is 0 Å². The van der Waals surface area contributed by atoms with E-state index < -0.39 is 46.7 Å². The fourth-order valence-electron chi connectivity index (χ4n) is 5.80. The maximum absolute atomic E-state index is 13.8. The zero-order valence-electron chi connectivity index (χ0n) is 22.7. The molecule has 3 aromatic rings. The molecule has 3 aromatic carbocycles. The minimum Gasteiger partial charge on any atom is -0.496 e. The van der Waals surface area contributed by atoms with Crippen molar-refractivity contribution >= 4 is 0 Å². The first kappa shape index (κ1) is 30.3. The standard InChI is InChI=1S/C30H28F7NO4/c1-39-26-11-8-22(30(35,36)37)13-24(26)27(40-2)16-28(18-41-17-27)38(14-19-4-3-5-21(12-19)29(32,33)34)25(15-42-28)20-6-9-23(31)10-7-20/h3-13,25H,14-18H2,1-2H3/t25-,27+,28?/m1/s1. The number of rotatable bonds is 6. The second kappa shape index (κ2) is 11.1. The first-order chi connectivity index (χ1) is 19.8. The summed E-state index contributed by atoms with van der Waals surface area (Å²) in [6, 6.07) is 13.0. The van der Waals surface area contributed by atoms with E-state index in [0.717, 1.165) is 24.3 Å². The summed E-state index contributed by atoms with van der Waals surface area (Å²) in [7, 11) is 2.66. The van der Waals surface area contributed by atoms with Gasteiger partial charge in [-0.2, -0.15) is 26.3 Å². The Balaban J connectivity index is 1.59. The largest absolute Gasteiger partial charge is 0.496 e. The molecule has 0 saturated carbocycles. The van der Waals surface area contributed by atoms with E-state index in [1.807, 2.05) is 4.90 Å². The van der Waals surface area contributed by atoms with Crippen molar-refractivity contribution in [3.8, 4) is 5.75 Å². The summed E-state index contributed by atoms with van der Waals surface area (Å²) in [6.45, 7) is -0.150. The van der Waals surface area contributed by atoms with Crippen LogP contribution in [0.3, 0.4) is 0 Å². The highest BCUT2D eigenvalue weighted by Crippen LogP contribution is 2.51. The molecule has 2 fully saturated rings. The molecule has 0 amide bonds. The molecule has 226 valence electrons. The van der Waals surface area contributed by atoms with Gasteiger partial charge >= 0.3 is 12.4 Å². The number of benzene rings is 3. The second-order valence-electron chi connectivity index (χ2n) is 10.4.